The Morgan fingerprint density at radius 2 is 2.00 bits per heavy atom. The van der Waals surface area contributed by atoms with Gasteiger partial charge in [-0.05, 0) is 18.9 Å². The molecule has 3 heterocycles. The number of rotatable bonds is 4. The molecular weight excluding hydrogens is 445 g/mol. The number of phenolic OH excluding ortho intramolecular Hbond substituents is 2. The van der Waals surface area contributed by atoms with Gasteiger partial charge in [0.1, 0.15) is 17.5 Å². The summed E-state index contributed by atoms with van der Waals surface area (Å²) in [5.41, 5.74) is 1.27. The zero-order valence-electron chi connectivity index (χ0n) is 16.5. The molecule has 4 rings (SSSR count). The quantitative estimate of drug-likeness (QED) is 0.615. The van der Waals surface area contributed by atoms with Crippen LogP contribution in [0.1, 0.15) is 28.8 Å². The Labute approximate surface area is 187 Å². The fourth-order valence-electron chi connectivity index (χ4n) is 3.74. The molecule has 1 aliphatic heterocycles. The van der Waals surface area contributed by atoms with E-state index in [1.54, 1.807) is 24.0 Å². The summed E-state index contributed by atoms with van der Waals surface area (Å²) < 4.78 is 1.54. The lowest BCUT2D eigenvalue weighted by Crippen LogP contribution is -2.46. The Kier molecular flexibility index (Phi) is 5.63. The van der Waals surface area contributed by atoms with Gasteiger partial charge in [-0.1, -0.05) is 23.2 Å². The summed E-state index contributed by atoms with van der Waals surface area (Å²) in [7, 11) is 1.65. The number of phenols is 2. The molecule has 31 heavy (non-hydrogen) atoms. The van der Waals surface area contributed by atoms with Crippen molar-refractivity contribution in [2.45, 2.75) is 25.4 Å². The van der Waals surface area contributed by atoms with E-state index in [4.69, 9.17) is 23.2 Å². The number of benzene rings is 1. The van der Waals surface area contributed by atoms with E-state index in [1.165, 1.54) is 22.1 Å². The molecule has 0 aliphatic carbocycles. The van der Waals surface area contributed by atoms with Crippen LogP contribution in [0.2, 0.25) is 10.0 Å². The number of fused-ring (bicyclic) bond motifs is 1. The van der Waals surface area contributed by atoms with Crippen LogP contribution in [0.25, 0.3) is 5.65 Å². The third-order valence-electron chi connectivity index (χ3n) is 5.28. The Hall–Kier alpha value is -3.04. The summed E-state index contributed by atoms with van der Waals surface area (Å²) in [5, 5.41) is 24.3. The number of aromatic nitrogens is 3. The van der Waals surface area contributed by atoms with Crippen molar-refractivity contribution in [3.8, 4) is 11.5 Å². The van der Waals surface area contributed by atoms with Gasteiger partial charge in [-0.25, -0.2) is 9.50 Å². The van der Waals surface area contributed by atoms with E-state index in [2.05, 4.69) is 10.1 Å². The van der Waals surface area contributed by atoms with Gasteiger partial charge in [-0.2, -0.15) is 5.10 Å². The minimum Gasteiger partial charge on any atom is -0.507 e. The average molecular weight is 464 g/mol. The zero-order chi connectivity index (χ0) is 22.3. The van der Waals surface area contributed by atoms with Crippen molar-refractivity contribution in [2.24, 2.45) is 0 Å². The normalized spacial score (nSPS) is 16.1. The van der Waals surface area contributed by atoms with Crippen LogP contribution in [0.4, 0.5) is 0 Å². The fourth-order valence-corrected chi connectivity index (χ4v) is 4.05. The number of aromatic hydroxyl groups is 2. The number of carbonyl (C=O) groups is 2. The van der Waals surface area contributed by atoms with Crippen LogP contribution in [-0.2, 0) is 11.3 Å². The van der Waals surface area contributed by atoms with Crippen LogP contribution in [0.3, 0.4) is 0 Å². The maximum Gasteiger partial charge on any atom is 0.258 e. The molecule has 0 bridgehead atoms. The first-order valence-corrected chi connectivity index (χ1v) is 10.3. The van der Waals surface area contributed by atoms with Gasteiger partial charge in [-0.15, -0.1) is 0 Å². The standard InChI is InChI=1S/C20H19Cl2N5O4/c1-25(9-11-7-24-27-10-12(21)8-23-18(11)27)20(31)15-3-2-4-26(15)19(30)13-5-14(22)17(29)6-16(13)28/h5-8,10,15,28-29H,2-4,9H2,1H3/t15-/m0/s1. The maximum atomic E-state index is 13.1. The molecule has 1 aromatic carbocycles. The van der Waals surface area contributed by atoms with Gasteiger partial charge in [0.05, 0.1) is 34.5 Å². The molecule has 0 spiro atoms. The van der Waals surface area contributed by atoms with E-state index in [1.807, 2.05) is 0 Å². The first-order valence-electron chi connectivity index (χ1n) is 9.51. The number of nitrogens with zero attached hydrogens (tertiary/aromatic N) is 5. The number of hydrogen-bond donors (Lipinski definition) is 2. The number of carbonyl (C=O) groups excluding carboxylic acids is 2. The second-order valence-electron chi connectivity index (χ2n) is 7.38. The molecule has 9 nitrogen and oxygen atoms in total. The van der Waals surface area contributed by atoms with Crippen molar-refractivity contribution in [1.82, 2.24) is 24.4 Å². The van der Waals surface area contributed by atoms with E-state index in [0.29, 0.717) is 30.1 Å². The largest absolute Gasteiger partial charge is 0.507 e. The molecule has 0 radical (unpaired) electrons. The summed E-state index contributed by atoms with van der Waals surface area (Å²) in [6.45, 7) is 0.629. The van der Waals surface area contributed by atoms with Gasteiger partial charge in [0.2, 0.25) is 5.91 Å². The van der Waals surface area contributed by atoms with Crippen LogP contribution in [0.5, 0.6) is 11.5 Å². The lowest BCUT2D eigenvalue weighted by atomic mass is 10.1. The van der Waals surface area contributed by atoms with Crippen LogP contribution in [0.15, 0.2) is 30.7 Å². The Bertz CT molecular complexity index is 1180. The molecule has 2 aromatic heterocycles. The number of likely N-dealkylation sites (N-methyl/N-ethyl adjacent to an activating group) is 1. The summed E-state index contributed by atoms with van der Waals surface area (Å²) in [6, 6.07) is 1.54. The summed E-state index contributed by atoms with van der Waals surface area (Å²) >= 11 is 11.8. The molecule has 11 heteroatoms. The number of halogens is 2. The summed E-state index contributed by atoms with van der Waals surface area (Å²) in [4.78, 5) is 33.4. The van der Waals surface area contributed by atoms with E-state index >= 15 is 0 Å². The third kappa shape index (κ3) is 3.98. The smallest absolute Gasteiger partial charge is 0.258 e. The first-order chi connectivity index (χ1) is 14.8. The molecular formula is C20H19Cl2N5O4. The number of amides is 2. The van der Waals surface area contributed by atoms with Gasteiger partial charge in [-0.3, -0.25) is 9.59 Å². The van der Waals surface area contributed by atoms with Crippen LogP contribution in [0, 0.1) is 0 Å². The molecule has 1 fully saturated rings. The van der Waals surface area contributed by atoms with Crippen molar-refractivity contribution in [3.63, 3.8) is 0 Å². The van der Waals surface area contributed by atoms with Gasteiger partial charge in [0.15, 0.2) is 5.65 Å². The van der Waals surface area contributed by atoms with Crippen molar-refractivity contribution in [3.05, 3.63) is 51.9 Å². The van der Waals surface area contributed by atoms with Crippen molar-refractivity contribution >= 4 is 40.7 Å². The highest BCUT2D eigenvalue weighted by atomic mass is 35.5. The molecule has 1 atom stereocenters. The third-order valence-corrected chi connectivity index (χ3v) is 5.77. The predicted octanol–water partition coefficient (Wildman–Crippen LogP) is 2.71. The van der Waals surface area contributed by atoms with Gasteiger partial charge < -0.3 is 20.0 Å². The number of hydrogen-bond acceptors (Lipinski definition) is 6. The van der Waals surface area contributed by atoms with Crippen molar-refractivity contribution in [2.75, 3.05) is 13.6 Å². The van der Waals surface area contributed by atoms with Crippen molar-refractivity contribution < 1.29 is 19.8 Å². The zero-order valence-corrected chi connectivity index (χ0v) is 18.0. The predicted molar refractivity (Wildman–Crippen MR) is 113 cm³/mol. The van der Waals surface area contributed by atoms with E-state index in [0.717, 1.165) is 11.6 Å². The topological polar surface area (TPSA) is 111 Å². The lowest BCUT2D eigenvalue weighted by molar-refractivity contribution is -0.134. The van der Waals surface area contributed by atoms with Gasteiger partial charge in [0, 0.05) is 31.4 Å². The van der Waals surface area contributed by atoms with E-state index in [-0.39, 0.29) is 28.8 Å². The second-order valence-corrected chi connectivity index (χ2v) is 8.23. The van der Waals surface area contributed by atoms with E-state index < -0.39 is 17.7 Å². The highest BCUT2D eigenvalue weighted by molar-refractivity contribution is 6.32. The monoisotopic (exact) mass is 463 g/mol. The first kappa shape index (κ1) is 21.2. The molecule has 2 amide bonds. The number of likely N-dealkylation sites (tertiary alicyclic amines) is 1. The van der Waals surface area contributed by atoms with Crippen LogP contribution >= 0.6 is 23.2 Å². The highest BCUT2D eigenvalue weighted by Crippen LogP contribution is 2.33. The van der Waals surface area contributed by atoms with Gasteiger partial charge in [0.25, 0.3) is 5.91 Å². The molecule has 0 saturated carbocycles. The molecule has 1 saturated heterocycles. The minimum absolute atomic E-state index is 0.0546. The minimum atomic E-state index is -0.672. The second kappa shape index (κ2) is 8.24. The Morgan fingerprint density at radius 1 is 1.23 bits per heavy atom. The maximum absolute atomic E-state index is 13.1. The van der Waals surface area contributed by atoms with E-state index in [9.17, 15) is 19.8 Å². The summed E-state index contributed by atoms with van der Waals surface area (Å²) in [5.74, 6) is -1.47. The van der Waals surface area contributed by atoms with Crippen molar-refractivity contribution in [1.29, 1.82) is 0 Å². The molecule has 3 aromatic rings. The van der Waals surface area contributed by atoms with Crippen LogP contribution in [-0.4, -0.2) is 66.1 Å². The fraction of sp³-hybridized carbons (Fsp3) is 0.300. The van der Waals surface area contributed by atoms with Gasteiger partial charge >= 0.3 is 0 Å². The SMILES string of the molecule is CN(Cc1cnn2cc(Cl)cnc12)C(=O)[C@@H]1CCCN1C(=O)c1cc(Cl)c(O)cc1O. The molecule has 162 valence electrons. The summed E-state index contributed by atoms with van der Waals surface area (Å²) in [6.07, 6.45) is 5.91. The average Bonchev–Trinajstić information content (AvgIpc) is 3.37. The molecule has 0 unspecified atom stereocenters. The Balaban J connectivity index is 1.53. The highest BCUT2D eigenvalue weighted by Gasteiger charge is 2.37. The Morgan fingerprint density at radius 3 is 2.77 bits per heavy atom. The molecule has 1 aliphatic rings. The molecule has 2 N–H and O–H groups in total. The van der Waals surface area contributed by atoms with Crippen LogP contribution < -0.4 is 0 Å². The lowest BCUT2D eigenvalue weighted by Gasteiger charge is -2.28.